The molecule has 1 N–H and O–H groups in total. The minimum atomic E-state index is -0.251. The molecule has 5 nitrogen and oxygen atoms in total. The third kappa shape index (κ3) is 3.25. The summed E-state index contributed by atoms with van der Waals surface area (Å²) in [6, 6.07) is 15.6. The van der Waals surface area contributed by atoms with E-state index in [2.05, 4.69) is 15.4 Å². The molecule has 2 aromatic heterocycles. The van der Waals surface area contributed by atoms with Crippen molar-refractivity contribution in [3.8, 4) is 5.82 Å². The van der Waals surface area contributed by atoms with Crippen LogP contribution in [0.1, 0.15) is 27.2 Å². The number of hydrogen-bond donors (Lipinski definition) is 1. The Balaban J connectivity index is 1.67. The molecule has 1 amide bonds. The van der Waals surface area contributed by atoms with Crippen molar-refractivity contribution in [2.75, 3.05) is 5.32 Å². The number of nitrogens with zero attached hydrogens (tertiary/aromatic N) is 3. The summed E-state index contributed by atoms with van der Waals surface area (Å²) < 4.78 is 1.67. The van der Waals surface area contributed by atoms with Crippen LogP contribution in [0, 0.1) is 20.8 Å². The first-order valence-corrected chi connectivity index (χ1v) is 9.31. The fraction of sp³-hybridized carbons (Fsp3) is 0.136. The van der Waals surface area contributed by atoms with Gasteiger partial charge in [0, 0.05) is 5.39 Å². The molecule has 0 spiro atoms. The number of para-hydroxylation sites is 1. The van der Waals surface area contributed by atoms with Crippen LogP contribution < -0.4 is 5.32 Å². The maximum Gasteiger partial charge on any atom is 0.259 e. The van der Waals surface area contributed by atoms with Crippen molar-refractivity contribution in [1.82, 2.24) is 14.8 Å². The van der Waals surface area contributed by atoms with E-state index < -0.39 is 0 Å². The molecule has 6 heteroatoms. The van der Waals surface area contributed by atoms with Gasteiger partial charge in [0.05, 0.1) is 33.7 Å². The fourth-order valence-electron chi connectivity index (χ4n) is 3.29. The van der Waals surface area contributed by atoms with Gasteiger partial charge < -0.3 is 5.32 Å². The molecule has 0 aliphatic heterocycles. The SMILES string of the molecule is Cc1cc(C)c(NC(=O)c2cnn(-c3ccc4ccccc4n3)c2C)c(Cl)c1. The Labute approximate surface area is 168 Å². The number of nitrogens with one attached hydrogen (secondary N) is 1. The van der Waals surface area contributed by atoms with Gasteiger partial charge in [0.15, 0.2) is 5.82 Å². The Morgan fingerprint density at radius 2 is 1.86 bits per heavy atom. The van der Waals surface area contributed by atoms with Gasteiger partial charge in [-0.2, -0.15) is 5.10 Å². The highest BCUT2D eigenvalue weighted by Crippen LogP contribution is 2.28. The first-order valence-electron chi connectivity index (χ1n) is 8.93. The quantitative estimate of drug-likeness (QED) is 0.519. The zero-order valence-corrected chi connectivity index (χ0v) is 16.6. The molecule has 0 fully saturated rings. The van der Waals surface area contributed by atoms with Crippen molar-refractivity contribution in [1.29, 1.82) is 0 Å². The lowest BCUT2D eigenvalue weighted by Gasteiger charge is -2.11. The van der Waals surface area contributed by atoms with E-state index in [1.54, 1.807) is 10.9 Å². The van der Waals surface area contributed by atoms with Crippen LogP contribution in [0.3, 0.4) is 0 Å². The predicted molar refractivity (Wildman–Crippen MR) is 112 cm³/mol. The summed E-state index contributed by atoms with van der Waals surface area (Å²) in [5.41, 5.74) is 4.65. The average Bonchev–Trinajstić information content (AvgIpc) is 3.05. The molecule has 28 heavy (non-hydrogen) atoms. The number of carbonyl (C=O) groups excluding carboxylic acids is 1. The highest BCUT2D eigenvalue weighted by molar-refractivity contribution is 6.34. The van der Waals surface area contributed by atoms with E-state index in [9.17, 15) is 4.79 Å². The Kier molecular flexibility index (Phi) is 4.61. The van der Waals surface area contributed by atoms with E-state index in [0.29, 0.717) is 27.8 Å². The minimum Gasteiger partial charge on any atom is -0.320 e. The van der Waals surface area contributed by atoms with Gasteiger partial charge in [0.1, 0.15) is 0 Å². The lowest BCUT2D eigenvalue weighted by atomic mass is 10.1. The third-order valence-electron chi connectivity index (χ3n) is 4.73. The molecule has 2 heterocycles. The number of hydrogen-bond acceptors (Lipinski definition) is 3. The largest absolute Gasteiger partial charge is 0.320 e. The van der Waals surface area contributed by atoms with Gasteiger partial charge >= 0.3 is 0 Å². The Morgan fingerprint density at radius 1 is 1.07 bits per heavy atom. The highest BCUT2D eigenvalue weighted by atomic mass is 35.5. The Hall–Kier alpha value is -3.18. The molecule has 140 valence electrons. The van der Waals surface area contributed by atoms with Gasteiger partial charge in [-0.15, -0.1) is 0 Å². The van der Waals surface area contributed by atoms with Crippen LogP contribution in [0.15, 0.2) is 54.7 Å². The Morgan fingerprint density at radius 3 is 2.64 bits per heavy atom. The van der Waals surface area contributed by atoms with E-state index >= 15 is 0 Å². The number of benzene rings is 2. The molecule has 4 rings (SSSR count). The number of amides is 1. The topological polar surface area (TPSA) is 59.8 Å². The molecule has 0 saturated heterocycles. The molecular formula is C22H19ClN4O. The van der Waals surface area contributed by atoms with E-state index in [1.807, 2.05) is 69.3 Å². The summed E-state index contributed by atoms with van der Waals surface area (Å²) in [5.74, 6) is 0.415. The monoisotopic (exact) mass is 390 g/mol. The molecule has 2 aromatic carbocycles. The van der Waals surface area contributed by atoms with Crippen LogP contribution in [0.25, 0.3) is 16.7 Å². The van der Waals surface area contributed by atoms with Crippen molar-refractivity contribution >= 4 is 34.1 Å². The summed E-state index contributed by atoms with van der Waals surface area (Å²) in [5, 5.41) is 8.86. The molecule has 0 saturated carbocycles. The average molecular weight is 391 g/mol. The highest BCUT2D eigenvalue weighted by Gasteiger charge is 2.18. The van der Waals surface area contributed by atoms with E-state index in [4.69, 9.17) is 11.6 Å². The summed E-state index contributed by atoms with van der Waals surface area (Å²) in [4.78, 5) is 17.5. The second-order valence-corrected chi connectivity index (χ2v) is 7.22. The molecule has 0 aliphatic rings. The first-order chi connectivity index (χ1) is 13.4. The molecule has 4 aromatic rings. The van der Waals surface area contributed by atoms with Crippen LogP contribution in [-0.2, 0) is 0 Å². The molecule has 0 unspecified atom stereocenters. The molecule has 0 atom stereocenters. The maximum atomic E-state index is 12.8. The number of aryl methyl sites for hydroxylation is 2. The summed E-state index contributed by atoms with van der Waals surface area (Å²) in [6.45, 7) is 5.74. The second-order valence-electron chi connectivity index (χ2n) is 6.81. The standard InChI is InChI=1S/C22H19ClN4O/c1-13-10-14(2)21(18(23)11-13)26-22(28)17-12-24-27(15(17)3)20-9-8-16-6-4-5-7-19(16)25-20/h4-12H,1-3H3,(H,26,28). The zero-order chi connectivity index (χ0) is 19.8. The second kappa shape index (κ2) is 7.09. The van der Waals surface area contributed by atoms with Crippen molar-refractivity contribution in [3.05, 3.63) is 82.1 Å². The van der Waals surface area contributed by atoms with Gasteiger partial charge in [-0.05, 0) is 56.2 Å². The third-order valence-corrected chi connectivity index (χ3v) is 5.02. The van der Waals surface area contributed by atoms with Gasteiger partial charge in [-0.25, -0.2) is 9.67 Å². The van der Waals surface area contributed by atoms with Crippen LogP contribution in [-0.4, -0.2) is 20.7 Å². The maximum absolute atomic E-state index is 12.8. The number of pyridine rings is 1. The number of rotatable bonds is 3. The number of carbonyl (C=O) groups is 1. The van der Waals surface area contributed by atoms with Crippen LogP contribution in [0.5, 0.6) is 0 Å². The summed E-state index contributed by atoms with van der Waals surface area (Å²) >= 11 is 6.32. The predicted octanol–water partition coefficient (Wildman–Crippen LogP) is 5.25. The number of anilines is 1. The summed E-state index contributed by atoms with van der Waals surface area (Å²) in [7, 11) is 0. The molecular weight excluding hydrogens is 372 g/mol. The fourth-order valence-corrected chi connectivity index (χ4v) is 3.66. The van der Waals surface area contributed by atoms with Gasteiger partial charge in [-0.3, -0.25) is 4.79 Å². The lowest BCUT2D eigenvalue weighted by Crippen LogP contribution is -2.14. The van der Waals surface area contributed by atoms with Crippen molar-refractivity contribution in [3.63, 3.8) is 0 Å². The lowest BCUT2D eigenvalue weighted by molar-refractivity contribution is 0.102. The Bertz CT molecular complexity index is 1190. The van der Waals surface area contributed by atoms with Gasteiger partial charge in [0.2, 0.25) is 0 Å². The summed E-state index contributed by atoms with van der Waals surface area (Å²) in [6.07, 6.45) is 1.55. The number of halogens is 1. The van der Waals surface area contributed by atoms with Crippen molar-refractivity contribution < 1.29 is 4.79 Å². The normalized spacial score (nSPS) is 11.0. The number of aromatic nitrogens is 3. The number of fused-ring (bicyclic) bond motifs is 1. The molecule has 0 radical (unpaired) electrons. The van der Waals surface area contributed by atoms with Crippen molar-refractivity contribution in [2.24, 2.45) is 0 Å². The van der Waals surface area contributed by atoms with Crippen LogP contribution in [0.2, 0.25) is 5.02 Å². The van der Waals surface area contributed by atoms with Gasteiger partial charge in [-0.1, -0.05) is 35.9 Å². The van der Waals surface area contributed by atoms with Gasteiger partial charge in [0.25, 0.3) is 5.91 Å². The molecule has 0 bridgehead atoms. The first kappa shape index (κ1) is 18.2. The minimum absolute atomic E-state index is 0.251. The van der Waals surface area contributed by atoms with Crippen LogP contribution in [0.4, 0.5) is 5.69 Å². The van der Waals surface area contributed by atoms with Crippen molar-refractivity contribution in [2.45, 2.75) is 20.8 Å². The smallest absolute Gasteiger partial charge is 0.259 e. The van der Waals surface area contributed by atoms with Crippen LogP contribution >= 0.6 is 11.6 Å². The van der Waals surface area contributed by atoms with E-state index in [-0.39, 0.29) is 5.91 Å². The zero-order valence-electron chi connectivity index (χ0n) is 15.8. The van der Waals surface area contributed by atoms with E-state index in [0.717, 1.165) is 22.0 Å². The van der Waals surface area contributed by atoms with E-state index in [1.165, 1.54) is 0 Å². The molecule has 0 aliphatic carbocycles.